The van der Waals surface area contributed by atoms with Crippen LogP contribution in [0.25, 0.3) is 0 Å². The molecule has 0 bridgehead atoms. The average Bonchev–Trinajstić information content (AvgIpc) is 3.01. The van der Waals surface area contributed by atoms with Crippen LogP contribution in [0.2, 0.25) is 0 Å². The summed E-state index contributed by atoms with van der Waals surface area (Å²) in [7, 11) is 1.76. The molecule has 8 nitrogen and oxygen atoms in total. The topological polar surface area (TPSA) is 93.2 Å². The zero-order valence-corrected chi connectivity index (χ0v) is 14.1. The molecule has 1 aromatic rings. The predicted molar refractivity (Wildman–Crippen MR) is 91.5 cm³/mol. The number of nitrogens with zero attached hydrogens (tertiary/aromatic N) is 3. The molecule has 2 aliphatic heterocycles. The Bertz CT molecular complexity index is 676. The van der Waals surface area contributed by atoms with Crippen molar-refractivity contribution < 1.29 is 19.5 Å². The fourth-order valence-electron chi connectivity index (χ4n) is 3.16. The quantitative estimate of drug-likeness (QED) is 0.800. The number of carboxylic acids is 1. The van der Waals surface area contributed by atoms with Crippen molar-refractivity contribution in [2.75, 3.05) is 44.7 Å². The number of hydrogen-bond acceptors (Lipinski definition) is 4. The molecule has 0 aliphatic carbocycles. The number of likely N-dealkylation sites (N-methyl/N-ethyl adjacent to an activating group) is 1. The molecule has 8 heteroatoms. The van der Waals surface area contributed by atoms with E-state index >= 15 is 0 Å². The van der Waals surface area contributed by atoms with Crippen LogP contribution >= 0.6 is 0 Å². The van der Waals surface area contributed by atoms with Gasteiger partial charge in [0.15, 0.2) is 0 Å². The Morgan fingerprint density at radius 1 is 1.20 bits per heavy atom. The Morgan fingerprint density at radius 3 is 2.52 bits per heavy atom. The third kappa shape index (κ3) is 3.74. The summed E-state index contributed by atoms with van der Waals surface area (Å²) in [5.74, 6) is -0.987. The Balaban J connectivity index is 1.61. The largest absolute Gasteiger partial charge is 0.480 e. The number of carbonyl (C=O) groups is 3. The number of aliphatic carboxylic acids is 1. The van der Waals surface area contributed by atoms with Crippen LogP contribution in [0.4, 0.5) is 10.5 Å². The highest BCUT2D eigenvalue weighted by atomic mass is 16.4. The van der Waals surface area contributed by atoms with Crippen molar-refractivity contribution in [3.8, 4) is 0 Å². The minimum absolute atomic E-state index is 0.0778. The van der Waals surface area contributed by atoms with Gasteiger partial charge in [-0.2, -0.15) is 0 Å². The molecule has 2 N–H and O–H groups in total. The van der Waals surface area contributed by atoms with Gasteiger partial charge in [-0.25, -0.2) is 4.79 Å². The number of hydrogen-bond donors (Lipinski definition) is 2. The van der Waals surface area contributed by atoms with Crippen LogP contribution in [0.3, 0.4) is 0 Å². The second-order valence-electron chi connectivity index (χ2n) is 6.40. The van der Waals surface area contributed by atoms with Gasteiger partial charge in [0.05, 0.1) is 6.42 Å². The lowest BCUT2D eigenvalue weighted by Crippen LogP contribution is -2.56. The van der Waals surface area contributed by atoms with Gasteiger partial charge in [-0.1, -0.05) is 12.1 Å². The van der Waals surface area contributed by atoms with E-state index in [0.29, 0.717) is 26.2 Å². The van der Waals surface area contributed by atoms with E-state index in [-0.39, 0.29) is 24.9 Å². The first-order valence-corrected chi connectivity index (χ1v) is 8.31. The molecule has 25 heavy (non-hydrogen) atoms. The summed E-state index contributed by atoms with van der Waals surface area (Å²) in [5.41, 5.74) is 1.65. The van der Waals surface area contributed by atoms with Crippen LogP contribution in [-0.2, 0) is 16.0 Å². The highest BCUT2D eigenvalue weighted by Gasteiger charge is 2.31. The number of rotatable bonds is 4. The molecular formula is C17H22N4O4. The van der Waals surface area contributed by atoms with Crippen LogP contribution in [0.1, 0.15) is 5.56 Å². The van der Waals surface area contributed by atoms with Gasteiger partial charge >= 0.3 is 12.0 Å². The maximum atomic E-state index is 12.5. The maximum absolute atomic E-state index is 12.5. The summed E-state index contributed by atoms with van der Waals surface area (Å²) in [6.07, 6.45) is 0.225. The van der Waals surface area contributed by atoms with Gasteiger partial charge in [0.25, 0.3) is 0 Å². The van der Waals surface area contributed by atoms with Crippen LogP contribution in [0.15, 0.2) is 24.3 Å². The zero-order chi connectivity index (χ0) is 18.0. The van der Waals surface area contributed by atoms with E-state index in [4.69, 9.17) is 0 Å². The van der Waals surface area contributed by atoms with E-state index in [0.717, 1.165) is 11.3 Å². The molecule has 134 valence electrons. The number of carbonyl (C=O) groups excluding carboxylic acids is 2. The van der Waals surface area contributed by atoms with E-state index < -0.39 is 12.0 Å². The minimum Gasteiger partial charge on any atom is -0.480 e. The number of nitrogens with one attached hydrogen (secondary N) is 1. The lowest BCUT2D eigenvalue weighted by atomic mass is 10.1. The van der Waals surface area contributed by atoms with Crippen LogP contribution in [0.5, 0.6) is 0 Å². The van der Waals surface area contributed by atoms with E-state index in [1.165, 1.54) is 0 Å². The van der Waals surface area contributed by atoms with Crippen molar-refractivity contribution in [3.05, 3.63) is 29.8 Å². The Labute approximate surface area is 146 Å². The second kappa shape index (κ2) is 7.10. The molecule has 3 amide bonds. The average molecular weight is 346 g/mol. The molecule has 1 aromatic carbocycles. The first kappa shape index (κ1) is 17.2. The number of urea groups is 1. The molecule has 1 atom stereocenters. The standard InChI is InChI=1S/C17H22N4O4/c1-19-8-9-20(11-14(19)16(23)24)15(22)10-12-2-4-13(5-3-12)21-7-6-18-17(21)25/h2-5,14H,6-11H2,1H3,(H,18,25)(H,23,24)/t14-/m0/s1. The van der Waals surface area contributed by atoms with Crippen molar-refractivity contribution in [2.24, 2.45) is 0 Å². The van der Waals surface area contributed by atoms with Gasteiger partial charge in [-0.15, -0.1) is 0 Å². The van der Waals surface area contributed by atoms with E-state index in [1.54, 1.807) is 21.7 Å². The second-order valence-corrected chi connectivity index (χ2v) is 6.40. The maximum Gasteiger partial charge on any atom is 0.322 e. The summed E-state index contributed by atoms with van der Waals surface area (Å²) in [6.45, 7) is 2.55. The Kier molecular flexibility index (Phi) is 4.89. The molecule has 0 spiro atoms. The number of carboxylic acid groups (broad SMARTS) is 1. The van der Waals surface area contributed by atoms with Gasteiger partial charge in [-0.3, -0.25) is 19.4 Å². The smallest absolute Gasteiger partial charge is 0.322 e. The molecule has 2 heterocycles. The monoisotopic (exact) mass is 346 g/mol. The third-order valence-corrected chi connectivity index (χ3v) is 4.75. The molecule has 2 fully saturated rings. The van der Waals surface area contributed by atoms with Gasteiger partial charge in [0.2, 0.25) is 5.91 Å². The third-order valence-electron chi connectivity index (χ3n) is 4.75. The highest BCUT2D eigenvalue weighted by Crippen LogP contribution is 2.18. The molecule has 2 saturated heterocycles. The minimum atomic E-state index is -0.909. The predicted octanol–water partition coefficient (Wildman–Crippen LogP) is -0.0141. The number of benzene rings is 1. The number of piperazine rings is 1. The fraction of sp³-hybridized carbons (Fsp3) is 0.471. The van der Waals surface area contributed by atoms with Crippen LogP contribution < -0.4 is 10.2 Å². The first-order chi connectivity index (χ1) is 12.0. The van der Waals surface area contributed by atoms with Crippen molar-refractivity contribution in [3.63, 3.8) is 0 Å². The molecular weight excluding hydrogens is 324 g/mol. The van der Waals surface area contributed by atoms with Crippen LogP contribution in [0, 0.1) is 0 Å². The normalized spacial score (nSPS) is 21.3. The van der Waals surface area contributed by atoms with Gasteiger partial charge in [-0.05, 0) is 24.7 Å². The molecule has 0 radical (unpaired) electrons. The molecule has 2 aliphatic rings. The van der Waals surface area contributed by atoms with Gasteiger partial charge in [0.1, 0.15) is 6.04 Å². The van der Waals surface area contributed by atoms with E-state index in [2.05, 4.69) is 5.32 Å². The molecule has 0 unspecified atom stereocenters. The first-order valence-electron chi connectivity index (χ1n) is 8.31. The van der Waals surface area contributed by atoms with Crippen molar-refractivity contribution in [1.82, 2.24) is 15.1 Å². The summed E-state index contributed by atoms with van der Waals surface area (Å²) in [4.78, 5) is 40.4. The molecule has 0 saturated carbocycles. The fourth-order valence-corrected chi connectivity index (χ4v) is 3.16. The summed E-state index contributed by atoms with van der Waals surface area (Å²) < 4.78 is 0. The molecule has 3 rings (SSSR count). The Hall–Kier alpha value is -2.61. The number of anilines is 1. The van der Waals surface area contributed by atoms with Crippen LogP contribution in [-0.4, -0.2) is 78.6 Å². The SMILES string of the molecule is CN1CCN(C(=O)Cc2ccc(N3CCNC3=O)cc2)C[C@H]1C(=O)O. The highest BCUT2D eigenvalue weighted by molar-refractivity contribution is 5.94. The Morgan fingerprint density at radius 2 is 1.92 bits per heavy atom. The van der Waals surface area contributed by atoms with E-state index in [1.807, 2.05) is 24.3 Å². The van der Waals surface area contributed by atoms with Gasteiger partial charge in [0, 0.05) is 38.4 Å². The lowest BCUT2D eigenvalue weighted by molar-refractivity contribution is -0.147. The van der Waals surface area contributed by atoms with Gasteiger partial charge < -0.3 is 15.3 Å². The number of amides is 3. The molecule has 0 aromatic heterocycles. The summed E-state index contributed by atoms with van der Waals surface area (Å²) in [6, 6.07) is 6.57. The van der Waals surface area contributed by atoms with E-state index in [9.17, 15) is 19.5 Å². The summed E-state index contributed by atoms with van der Waals surface area (Å²) in [5, 5.41) is 12.0. The zero-order valence-electron chi connectivity index (χ0n) is 14.1. The van der Waals surface area contributed by atoms with Crippen molar-refractivity contribution in [1.29, 1.82) is 0 Å². The summed E-state index contributed by atoms with van der Waals surface area (Å²) >= 11 is 0. The lowest BCUT2D eigenvalue weighted by Gasteiger charge is -2.37. The van der Waals surface area contributed by atoms with Crippen molar-refractivity contribution >= 4 is 23.6 Å². The van der Waals surface area contributed by atoms with Crippen molar-refractivity contribution in [2.45, 2.75) is 12.5 Å².